The fourth-order valence-corrected chi connectivity index (χ4v) is 14.8. The summed E-state index contributed by atoms with van der Waals surface area (Å²) in [5, 5.41) is 29.5. The minimum absolute atomic E-state index is 0.0312. The average Bonchev–Trinajstić information content (AvgIpc) is 0.789. The van der Waals surface area contributed by atoms with Crippen molar-refractivity contribution < 1.29 is 53.3 Å². The molecule has 0 amide bonds. The lowest BCUT2D eigenvalue weighted by atomic mass is 10.00. The quantitative estimate of drug-likeness (QED) is 0.0238. The van der Waals surface area contributed by atoms with Gasteiger partial charge >= 0.3 is 5.97 Å². The number of esters is 1. The normalized spacial score (nSPS) is 11.1. The molecule has 126 heavy (non-hydrogen) atoms. The van der Waals surface area contributed by atoms with E-state index in [1.165, 1.54) is 5.56 Å². The number of carbonyl (C=O) groups excluding carboxylic acids is 1. The van der Waals surface area contributed by atoms with E-state index in [4.69, 9.17) is 53.1 Å². The SMILES string of the molecule is CC(C)Cc1c(CCO)nc(-c2ccccc2O)n(CCc2ccccc2)c1=O.CCOC(=O)Cc1nc(-c2ccccc2OCOC)n(CCc2ccccc2)c(=O)c1CC(C)C.COCOc1ccccc1-c1nc(C)c(CC(C)C)c(=O)n1CCc1ccccc1.COCOc1ccccc1-c1nc(CCO)c(CC(C)C)c(=O)n1CCc1ccccc1. The molecule has 3 N–H and O–H groups in total. The molecule has 0 saturated heterocycles. The van der Waals surface area contributed by atoms with Gasteiger partial charge in [-0.2, -0.15) is 0 Å². The highest BCUT2D eigenvalue weighted by Gasteiger charge is 2.27. The highest BCUT2D eigenvalue weighted by molar-refractivity contribution is 5.73. The lowest BCUT2D eigenvalue weighted by molar-refractivity contribution is -0.142. The molecule has 0 aliphatic carbocycles. The van der Waals surface area contributed by atoms with Crippen molar-refractivity contribution in [2.75, 3.05) is 61.5 Å². The molecule has 0 bridgehead atoms. The van der Waals surface area contributed by atoms with Crippen LogP contribution in [0.3, 0.4) is 0 Å². The number of para-hydroxylation sites is 4. The molecule has 4 aromatic heterocycles. The standard InChI is InChI=1S/C28H34N2O5.C26H32N2O4.C25H30N2O3.C24H28N2O3/c1-5-34-26(31)18-24-23(17-20(2)3)28(32)30(16-15-21-11-7-6-8-12-21)27(29-24)22-13-9-10-14-25(22)35-19-33-4;1-19(2)17-22-23(14-16-29)27-25(21-11-7-8-12-24(21)32-18-31-3)28(26(22)30)15-13-20-9-5-4-6-10-20;1-18(2)16-22-19(3)26-24(21-12-8-9-13-23(21)30-17-29-4)27(25(22)28)15-14-20-10-6-5-7-11-20;1-17(2)16-20-21(13-15-27)25-23(19-10-6-7-11-22(19)28)26(24(20)29)14-12-18-8-4-3-5-9-18/h6-14,20H,5,15-19H2,1-4H3;4-12,19,29H,13-18H2,1-3H3;5-13,18H,14-17H2,1-4H3;3-11,17,27-28H,12-16H2,1-2H3. The molecule has 666 valence electrons. The van der Waals surface area contributed by atoms with E-state index in [0.717, 1.165) is 45.5 Å². The third kappa shape index (κ3) is 28.1. The largest absolute Gasteiger partial charge is 0.507 e. The van der Waals surface area contributed by atoms with Gasteiger partial charge in [-0.25, -0.2) is 19.9 Å². The first kappa shape index (κ1) is 97.6. The Kier molecular flexibility index (Phi) is 39.2. The predicted molar refractivity (Wildman–Crippen MR) is 496 cm³/mol. The van der Waals surface area contributed by atoms with Gasteiger partial charge in [0.2, 0.25) is 0 Å². The zero-order chi connectivity index (χ0) is 90.4. The van der Waals surface area contributed by atoms with Gasteiger partial charge in [-0.15, -0.1) is 0 Å². The van der Waals surface area contributed by atoms with Crippen molar-refractivity contribution in [2.45, 2.75) is 166 Å². The zero-order valence-corrected chi connectivity index (χ0v) is 75.3. The fraction of sp³-hybridized carbons (Fsp3) is 0.369. The molecule has 23 nitrogen and oxygen atoms in total. The summed E-state index contributed by atoms with van der Waals surface area (Å²) in [4.78, 5) is 86.5. The predicted octanol–water partition coefficient (Wildman–Crippen LogP) is 16.5. The topological polar surface area (TPSA) is 282 Å². The van der Waals surface area contributed by atoms with E-state index in [0.29, 0.717) is 187 Å². The summed E-state index contributed by atoms with van der Waals surface area (Å²) in [6, 6.07) is 69.8. The number of phenolic OH excluding ortho intramolecular Hbond substituents is 1. The molecule has 8 aromatic carbocycles. The third-order valence-corrected chi connectivity index (χ3v) is 20.7. The molecule has 12 aromatic rings. The number of aliphatic hydroxyl groups is 2. The number of aliphatic hydroxyl groups excluding tert-OH is 2. The molecule has 0 aliphatic rings. The first-order valence-corrected chi connectivity index (χ1v) is 43.4. The second kappa shape index (κ2) is 50.6. The Balaban J connectivity index is 0.000000190. The van der Waals surface area contributed by atoms with Crippen LogP contribution < -0.4 is 36.4 Å². The number of carbonyl (C=O) groups is 1. The number of aromatic nitrogens is 8. The molecular formula is C103H124N8O15. The smallest absolute Gasteiger partial charge is 0.311 e. The Hall–Kier alpha value is -12.3. The number of phenols is 1. The summed E-state index contributed by atoms with van der Waals surface area (Å²) >= 11 is 0. The van der Waals surface area contributed by atoms with Crippen LogP contribution in [0, 0.1) is 30.6 Å². The van der Waals surface area contributed by atoms with Crippen LogP contribution in [-0.4, -0.2) is 121 Å². The van der Waals surface area contributed by atoms with E-state index in [1.54, 1.807) is 64.7 Å². The van der Waals surface area contributed by atoms with E-state index < -0.39 is 5.97 Å². The van der Waals surface area contributed by atoms with E-state index >= 15 is 0 Å². The molecule has 0 fully saturated rings. The number of hydrogen-bond donors (Lipinski definition) is 3. The van der Waals surface area contributed by atoms with Gasteiger partial charge in [-0.3, -0.25) is 42.2 Å². The van der Waals surface area contributed by atoms with Gasteiger partial charge < -0.3 is 48.5 Å². The lowest BCUT2D eigenvalue weighted by Crippen LogP contribution is -2.31. The maximum Gasteiger partial charge on any atom is 0.311 e. The Labute approximate surface area is 740 Å². The number of hydrogen-bond acceptors (Lipinski definition) is 19. The van der Waals surface area contributed by atoms with Crippen molar-refractivity contribution in [2.24, 2.45) is 23.7 Å². The second-order valence-corrected chi connectivity index (χ2v) is 32.3. The van der Waals surface area contributed by atoms with Crippen LogP contribution in [0.4, 0.5) is 0 Å². The average molecular weight is 1710 g/mol. The van der Waals surface area contributed by atoms with Crippen LogP contribution in [0.1, 0.15) is 130 Å². The van der Waals surface area contributed by atoms with Crippen molar-refractivity contribution in [1.82, 2.24) is 38.2 Å². The van der Waals surface area contributed by atoms with Gasteiger partial charge in [0.05, 0.1) is 52.4 Å². The molecular weight excluding hydrogens is 1590 g/mol. The van der Waals surface area contributed by atoms with E-state index in [1.807, 2.05) is 197 Å². The Bertz CT molecular complexity index is 5660. The van der Waals surface area contributed by atoms with E-state index in [-0.39, 0.29) is 80.5 Å². The van der Waals surface area contributed by atoms with Gasteiger partial charge in [0, 0.05) is 102 Å². The molecule has 23 heteroatoms. The van der Waals surface area contributed by atoms with Gasteiger partial charge in [0.15, 0.2) is 20.4 Å². The Morgan fingerprint density at radius 2 is 0.619 bits per heavy atom. The summed E-state index contributed by atoms with van der Waals surface area (Å²) in [6.45, 7) is 22.7. The minimum atomic E-state index is -0.402. The molecule has 0 atom stereocenters. The maximum atomic E-state index is 13.9. The van der Waals surface area contributed by atoms with E-state index in [2.05, 4.69) is 65.8 Å². The summed E-state index contributed by atoms with van der Waals surface area (Å²) in [5.74, 6) is 4.75. The highest BCUT2D eigenvalue weighted by Crippen LogP contribution is 2.34. The second-order valence-electron chi connectivity index (χ2n) is 32.3. The summed E-state index contributed by atoms with van der Waals surface area (Å²) in [5.41, 5.74) is 12.2. The summed E-state index contributed by atoms with van der Waals surface area (Å²) in [7, 11) is 4.70. The number of nitrogens with zero attached hydrogens (tertiary/aromatic N) is 8. The third-order valence-electron chi connectivity index (χ3n) is 20.7. The van der Waals surface area contributed by atoms with Crippen LogP contribution >= 0.6 is 0 Å². The van der Waals surface area contributed by atoms with Gasteiger partial charge in [-0.1, -0.05) is 225 Å². The Morgan fingerprint density at radius 3 is 0.929 bits per heavy atom. The van der Waals surface area contributed by atoms with Crippen LogP contribution in [0.15, 0.2) is 238 Å². The minimum Gasteiger partial charge on any atom is -0.507 e. The fourth-order valence-electron chi connectivity index (χ4n) is 14.8. The van der Waals surface area contributed by atoms with E-state index in [9.17, 15) is 39.3 Å². The van der Waals surface area contributed by atoms with Crippen molar-refractivity contribution in [1.29, 1.82) is 0 Å². The van der Waals surface area contributed by atoms with Gasteiger partial charge in [-0.05, 0) is 160 Å². The van der Waals surface area contributed by atoms with Crippen molar-refractivity contribution in [3.05, 3.63) is 327 Å². The summed E-state index contributed by atoms with van der Waals surface area (Å²) < 4.78 is 44.6. The number of ether oxygens (including phenoxy) is 7. The summed E-state index contributed by atoms with van der Waals surface area (Å²) in [6.07, 6.45) is 5.86. The highest BCUT2D eigenvalue weighted by atomic mass is 16.7. The zero-order valence-electron chi connectivity index (χ0n) is 75.3. The number of aryl methyl sites for hydroxylation is 5. The molecule has 0 radical (unpaired) electrons. The van der Waals surface area contributed by atoms with Crippen molar-refractivity contribution in [3.63, 3.8) is 0 Å². The number of methoxy groups -OCH3 is 3. The molecule has 12 rings (SSSR count). The van der Waals surface area contributed by atoms with Crippen LogP contribution in [0.5, 0.6) is 23.0 Å². The number of benzene rings is 8. The molecule has 0 saturated carbocycles. The van der Waals surface area contributed by atoms with Gasteiger partial charge in [0.1, 0.15) is 46.3 Å². The first-order valence-electron chi connectivity index (χ1n) is 43.4. The van der Waals surface area contributed by atoms with Crippen LogP contribution in [-0.2, 0) is 121 Å². The van der Waals surface area contributed by atoms with Gasteiger partial charge in [0.25, 0.3) is 22.2 Å². The molecule has 0 unspecified atom stereocenters. The molecule has 4 heterocycles. The van der Waals surface area contributed by atoms with Crippen LogP contribution in [0.2, 0.25) is 0 Å². The number of aromatic hydroxyl groups is 1. The van der Waals surface area contributed by atoms with Crippen LogP contribution in [0.25, 0.3) is 45.6 Å². The molecule has 0 spiro atoms. The lowest BCUT2D eigenvalue weighted by Gasteiger charge is -2.20. The first-order chi connectivity index (χ1) is 61.0. The maximum absolute atomic E-state index is 13.9. The Morgan fingerprint density at radius 1 is 0.349 bits per heavy atom. The number of rotatable bonds is 40. The monoisotopic (exact) mass is 1710 g/mol. The molecule has 0 aliphatic heterocycles. The van der Waals surface area contributed by atoms with Crippen molar-refractivity contribution >= 4 is 5.97 Å². The van der Waals surface area contributed by atoms with Crippen molar-refractivity contribution in [3.8, 4) is 68.5 Å².